The molecule has 1 heterocycles. The maximum Gasteiger partial charge on any atom is 0.288 e. The van der Waals surface area contributed by atoms with Gasteiger partial charge in [-0.05, 0) is 43.6 Å². The summed E-state index contributed by atoms with van der Waals surface area (Å²) in [7, 11) is 1.90. The van der Waals surface area contributed by atoms with E-state index in [0.29, 0.717) is 24.3 Å². The van der Waals surface area contributed by atoms with Crippen molar-refractivity contribution in [1.82, 2.24) is 4.90 Å². The number of unbranched alkanes of at least 4 members (excludes halogenated alkanes) is 1. The molecule has 0 saturated heterocycles. The van der Waals surface area contributed by atoms with Crippen LogP contribution in [0.1, 0.15) is 65.2 Å². The summed E-state index contributed by atoms with van der Waals surface area (Å²) in [4.78, 5) is 14.8. The van der Waals surface area contributed by atoms with E-state index in [1.165, 1.54) is 19.3 Å². The molecule has 5 heteroatoms. The van der Waals surface area contributed by atoms with Crippen LogP contribution in [0.3, 0.4) is 0 Å². The minimum atomic E-state index is -0.366. The Morgan fingerprint density at radius 3 is 2.68 bits per heavy atom. The molecule has 1 saturated carbocycles. The number of rotatable bonds is 8. The molecule has 5 nitrogen and oxygen atoms in total. The van der Waals surface area contributed by atoms with Crippen molar-refractivity contribution in [1.29, 1.82) is 0 Å². The fourth-order valence-corrected chi connectivity index (χ4v) is 3.64. The third-order valence-electron chi connectivity index (χ3n) is 5.45. The van der Waals surface area contributed by atoms with Crippen molar-refractivity contribution >= 4 is 5.91 Å². The van der Waals surface area contributed by atoms with Gasteiger partial charge in [-0.1, -0.05) is 33.1 Å². The van der Waals surface area contributed by atoms with Gasteiger partial charge in [0, 0.05) is 26.1 Å². The Morgan fingerprint density at radius 2 is 2.04 bits per heavy atom. The second kappa shape index (κ2) is 10.2. The molecule has 1 N–H and O–H groups in total. The Balaban J connectivity index is 1.98. The highest BCUT2D eigenvalue weighted by Gasteiger charge is 2.32. The van der Waals surface area contributed by atoms with Crippen molar-refractivity contribution in [2.45, 2.75) is 77.5 Å². The molecule has 0 spiro atoms. The van der Waals surface area contributed by atoms with E-state index in [4.69, 9.17) is 14.6 Å². The molecule has 0 bridgehead atoms. The molecular weight excluding hydrogens is 318 g/mol. The van der Waals surface area contributed by atoms with Crippen molar-refractivity contribution in [3.05, 3.63) is 11.8 Å². The molecule has 2 atom stereocenters. The highest BCUT2D eigenvalue weighted by atomic mass is 16.7. The van der Waals surface area contributed by atoms with E-state index in [2.05, 4.69) is 13.8 Å². The van der Waals surface area contributed by atoms with Gasteiger partial charge in [0.2, 0.25) is 6.29 Å². The third kappa shape index (κ3) is 6.00. The summed E-state index contributed by atoms with van der Waals surface area (Å²) in [5.41, 5.74) is 0. The lowest BCUT2D eigenvalue weighted by atomic mass is 9.89. The molecule has 0 aromatic carbocycles. The number of aliphatic hydroxyl groups is 1. The highest BCUT2D eigenvalue weighted by Crippen LogP contribution is 2.30. The van der Waals surface area contributed by atoms with E-state index in [1.807, 2.05) is 18.0 Å². The van der Waals surface area contributed by atoms with Crippen molar-refractivity contribution in [2.75, 3.05) is 20.3 Å². The Morgan fingerprint density at radius 1 is 1.32 bits per heavy atom. The minimum absolute atomic E-state index is 0.0128. The molecule has 1 aliphatic carbocycles. The lowest BCUT2D eigenvalue weighted by molar-refractivity contribution is -0.157. The summed E-state index contributed by atoms with van der Waals surface area (Å²) in [5.74, 6) is 1.16. The van der Waals surface area contributed by atoms with Crippen LogP contribution in [-0.4, -0.2) is 48.5 Å². The van der Waals surface area contributed by atoms with Crippen molar-refractivity contribution < 1.29 is 19.4 Å². The Labute approximate surface area is 152 Å². The maximum absolute atomic E-state index is 12.9. The van der Waals surface area contributed by atoms with Gasteiger partial charge in [-0.25, -0.2) is 0 Å². The molecule has 2 rings (SSSR count). The summed E-state index contributed by atoms with van der Waals surface area (Å²) in [6, 6.07) is 0.328. The zero-order valence-electron chi connectivity index (χ0n) is 16.1. The molecular formula is C20H35NO4. The first kappa shape index (κ1) is 20.2. The van der Waals surface area contributed by atoms with Gasteiger partial charge in [0.1, 0.15) is 0 Å². The number of allylic oxidation sites excluding steroid dienone is 1. The van der Waals surface area contributed by atoms with Gasteiger partial charge in [0.05, 0.1) is 6.61 Å². The molecule has 1 aliphatic heterocycles. The summed E-state index contributed by atoms with van der Waals surface area (Å²) in [6.45, 7) is 5.07. The van der Waals surface area contributed by atoms with E-state index in [0.717, 1.165) is 32.1 Å². The average molecular weight is 354 g/mol. The predicted molar refractivity (Wildman–Crippen MR) is 97.8 cm³/mol. The Kier molecular flexibility index (Phi) is 8.24. The largest absolute Gasteiger partial charge is 0.459 e. The zero-order valence-corrected chi connectivity index (χ0v) is 16.1. The number of hydrogen-bond acceptors (Lipinski definition) is 4. The number of carbonyl (C=O) groups is 1. The van der Waals surface area contributed by atoms with E-state index in [-0.39, 0.29) is 24.7 Å². The van der Waals surface area contributed by atoms with Crippen LogP contribution in [0.5, 0.6) is 0 Å². The molecule has 0 aromatic heterocycles. The lowest BCUT2D eigenvalue weighted by Gasteiger charge is -2.35. The van der Waals surface area contributed by atoms with Crippen LogP contribution in [0.25, 0.3) is 0 Å². The second-order valence-corrected chi connectivity index (χ2v) is 7.73. The van der Waals surface area contributed by atoms with Gasteiger partial charge in [-0.15, -0.1) is 0 Å². The van der Waals surface area contributed by atoms with Gasteiger partial charge >= 0.3 is 0 Å². The van der Waals surface area contributed by atoms with Crippen molar-refractivity contribution in [3.63, 3.8) is 0 Å². The second-order valence-electron chi connectivity index (χ2n) is 7.73. The smallest absolute Gasteiger partial charge is 0.288 e. The number of likely N-dealkylation sites (N-methyl/N-ethyl adjacent to an activating group) is 1. The van der Waals surface area contributed by atoms with E-state index in [9.17, 15) is 4.79 Å². The molecule has 1 fully saturated rings. The average Bonchev–Trinajstić information content (AvgIpc) is 2.64. The van der Waals surface area contributed by atoms with Crippen LogP contribution >= 0.6 is 0 Å². The molecule has 0 aromatic rings. The Hall–Kier alpha value is -1.07. The first-order valence-electron chi connectivity index (χ1n) is 9.91. The van der Waals surface area contributed by atoms with Crippen LogP contribution in [0.4, 0.5) is 0 Å². The van der Waals surface area contributed by atoms with Crippen LogP contribution in [-0.2, 0) is 14.3 Å². The van der Waals surface area contributed by atoms with Gasteiger partial charge < -0.3 is 19.5 Å². The predicted octanol–water partition coefficient (Wildman–Crippen LogP) is 3.47. The van der Waals surface area contributed by atoms with Crippen molar-refractivity contribution in [2.24, 2.45) is 11.8 Å². The molecule has 0 radical (unpaired) electrons. The SMILES string of the molecule is CC(C)[C@@H]1C=C(C(=O)N(C)C2CCCCC2)O[C@H](OCCCCO)C1. The normalized spacial score (nSPS) is 24.8. The topological polar surface area (TPSA) is 59.0 Å². The number of aliphatic hydroxyl groups excluding tert-OH is 1. The molecule has 0 unspecified atom stereocenters. The number of hydrogen-bond donors (Lipinski definition) is 1. The summed E-state index contributed by atoms with van der Waals surface area (Å²) < 4.78 is 11.7. The van der Waals surface area contributed by atoms with Gasteiger partial charge in [0.25, 0.3) is 5.91 Å². The monoisotopic (exact) mass is 353 g/mol. The molecule has 1 amide bonds. The number of carbonyl (C=O) groups excluding carboxylic acids is 1. The lowest BCUT2D eigenvalue weighted by Crippen LogP contribution is -2.41. The standard InChI is InChI=1S/C20H35NO4/c1-15(2)16-13-18(25-19(14-16)24-12-8-7-11-22)20(23)21(3)17-9-5-4-6-10-17/h13,15-17,19,22H,4-12,14H2,1-3H3/t16-,19+/m1/s1. The van der Waals surface area contributed by atoms with E-state index < -0.39 is 0 Å². The van der Waals surface area contributed by atoms with Gasteiger partial charge in [-0.3, -0.25) is 4.79 Å². The van der Waals surface area contributed by atoms with Gasteiger partial charge in [-0.2, -0.15) is 0 Å². The number of amides is 1. The van der Waals surface area contributed by atoms with Crippen molar-refractivity contribution in [3.8, 4) is 0 Å². The summed E-state index contributed by atoms with van der Waals surface area (Å²) in [6.07, 6.45) is 9.80. The summed E-state index contributed by atoms with van der Waals surface area (Å²) >= 11 is 0. The molecule has 2 aliphatic rings. The molecule has 144 valence electrons. The fourth-order valence-electron chi connectivity index (χ4n) is 3.64. The van der Waals surface area contributed by atoms with E-state index in [1.54, 1.807) is 0 Å². The Bertz CT molecular complexity index is 443. The molecule has 25 heavy (non-hydrogen) atoms. The number of ether oxygens (including phenoxy) is 2. The third-order valence-corrected chi connectivity index (χ3v) is 5.45. The van der Waals surface area contributed by atoms with Crippen LogP contribution in [0, 0.1) is 11.8 Å². The zero-order chi connectivity index (χ0) is 18.2. The van der Waals surface area contributed by atoms with Crippen LogP contribution in [0.2, 0.25) is 0 Å². The van der Waals surface area contributed by atoms with Crippen LogP contribution in [0.15, 0.2) is 11.8 Å². The quantitative estimate of drug-likeness (QED) is 0.679. The van der Waals surface area contributed by atoms with E-state index >= 15 is 0 Å². The first-order chi connectivity index (χ1) is 12.0. The maximum atomic E-state index is 12.9. The first-order valence-corrected chi connectivity index (χ1v) is 9.91. The van der Waals surface area contributed by atoms with Gasteiger partial charge in [0.15, 0.2) is 5.76 Å². The highest BCUT2D eigenvalue weighted by molar-refractivity contribution is 5.91. The fraction of sp³-hybridized carbons (Fsp3) is 0.850. The number of nitrogens with zero attached hydrogens (tertiary/aromatic N) is 1. The summed E-state index contributed by atoms with van der Waals surface area (Å²) in [5, 5.41) is 8.87. The van der Waals surface area contributed by atoms with Crippen LogP contribution < -0.4 is 0 Å². The minimum Gasteiger partial charge on any atom is -0.459 e.